The van der Waals surface area contributed by atoms with Gasteiger partial charge in [0.2, 0.25) is 0 Å². The molecule has 19 heavy (non-hydrogen) atoms. The van der Waals surface area contributed by atoms with Gasteiger partial charge in [-0.3, -0.25) is 0 Å². The van der Waals surface area contributed by atoms with Crippen molar-refractivity contribution in [3.63, 3.8) is 0 Å². The number of phenols is 1. The van der Waals surface area contributed by atoms with Crippen LogP contribution in [-0.2, 0) is 6.18 Å². The van der Waals surface area contributed by atoms with Crippen molar-refractivity contribution in [1.82, 2.24) is 0 Å². The Morgan fingerprint density at radius 2 is 1.79 bits per heavy atom. The summed E-state index contributed by atoms with van der Waals surface area (Å²) in [6, 6.07) is 3.91. The Labute approximate surface area is 109 Å². The molecule has 2 rings (SSSR count). The van der Waals surface area contributed by atoms with Crippen LogP contribution in [0.5, 0.6) is 5.75 Å². The van der Waals surface area contributed by atoms with Crippen molar-refractivity contribution in [2.45, 2.75) is 6.18 Å². The van der Waals surface area contributed by atoms with Gasteiger partial charge in [0.15, 0.2) is 0 Å². The van der Waals surface area contributed by atoms with Crippen molar-refractivity contribution in [2.24, 2.45) is 0 Å². The van der Waals surface area contributed by atoms with Crippen LogP contribution in [0.1, 0.15) is 15.2 Å². The zero-order valence-corrected chi connectivity index (χ0v) is 10.0. The van der Waals surface area contributed by atoms with Crippen molar-refractivity contribution < 1.29 is 28.2 Å². The van der Waals surface area contributed by atoms with Crippen molar-refractivity contribution in [3.8, 4) is 16.9 Å². The molecule has 0 fully saturated rings. The second-order valence-electron chi connectivity index (χ2n) is 3.77. The zero-order valence-electron chi connectivity index (χ0n) is 9.23. The van der Waals surface area contributed by atoms with Gasteiger partial charge < -0.3 is 10.2 Å². The summed E-state index contributed by atoms with van der Waals surface area (Å²) >= 11 is 0.909. The predicted molar refractivity (Wildman–Crippen MR) is 63.4 cm³/mol. The smallest absolute Gasteiger partial charge is 0.416 e. The van der Waals surface area contributed by atoms with E-state index >= 15 is 0 Å². The van der Waals surface area contributed by atoms with Gasteiger partial charge in [-0.05, 0) is 40.8 Å². The van der Waals surface area contributed by atoms with Crippen molar-refractivity contribution >= 4 is 17.3 Å². The van der Waals surface area contributed by atoms with E-state index in [4.69, 9.17) is 5.11 Å². The van der Waals surface area contributed by atoms with E-state index in [0.29, 0.717) is 11.6 Å². The Morgan fingerprint density at radius 1 is 1.11 bits per heavy atom. The molecule has 0 aliphatic rings. The first-order chi connectivity index (χ1) is 8.77. The molecule has 0 saturated carbocycles. The van der Waals surface area contributed by atoms with E-state index in [1.165, 1.54) is 11.4 Å². The van der Waals surface area contributed by atoms with Crippen LogP contribution in [0.25, 0.3) is 11.1 Å². The quantitative estimate of drug-likeness (QED) is 0.882. The highest BCUT2D eigenvalue weighted by Gasteiger charge is 2.31. The summed E-state index contributed by atoms with van der Waals surface area (Å²) in [7, 11) is 0. The van der Waals surface area contributed by atoms with E-state index in [1.807, 2.05) is 0 Å². The molecule has 0 radical (unpaired) electrons. The van der Waals surface area contributed by atoms with Gasteiger partial charge in [0, 0.05) is 0 Å². The molecule has 1 aromatic heterocycles. The average molecular weight is 288 g/mol. The lowest BCUT2D eigenvalue weighted by Gasteiger charge is -2.09. The maximum absolute atomic E-state index is 12.6. The lowest BCUT2D eigenvalue weighted by atomic mass is 10.0. The first-order valence-corrected chi connectivity index (χ1v) is 5.89. The summed E-state index contributed by atoms with van der Waals surface area (Å²) in [6.07, 6.45) is -4.57. The predicted octanol–water partition coefficient (Wildman–Crippen LogP) is 3.84. The van der Waals surface area contributed by atoms with Gasteiger partial charge in [-0.15, -0.1) is 11.3 Å². The Bertz CT molecular complexity index is 631. The van der Waals surface area contributed by atoms with Crippen LogP contribution in [0.2, 0.25) is 0 Å². The topological polar surface area (TPSA) is 57.5 Å². The summed E-state index contributed by atoms with van der Waals surface area (Å²) < 4.78 is 37.8. The molecule has 0 amide bonds. The minimum absolute atomic E-state index is 0.0203. The number of carbonyl (C=O) groups is 1. The number of aromatic carboxylic acids is 1. The maximum atomic E-state index is 12.6. The molecular formula is C12H7F3O3S. The second kappa shape index (κ2) is 4.58. The fourth-order valence-electron chi connectivity index (χ4n) is 1.54. The molecule has 3 nitrogen and oxygen atoms in total. The van der Waals surface area contributed by atoms with Crippen LogP contribution >= 0.6 is 11.3 Å². The minimum Gasteiger partial charge on any atom is -0.508 e. The molecule has 1 aromatic carbocycles. The molecule has 100 valence electrons. The number of carboxylic acid groups (broad SMARTS) is 1. The van der Waals surface area contributed by atoms with Gasteiger partial charge in [-0.2, -0.15) is 13.2 Å². The Morgan fingerprint density at radius 3 is 2.32 bits per heavy atom. The summed E-state index contributed by atoms with van der Waals surface area (Å²) in [6.45, 7) is 0. The minimum atomic E-state index is -4.57. The number of benzene rings is 1. The van der Waals surface area contributed by atoms with Crippen LogP contribution in [0.15, 0.2) is 29.6 Å². The van der Waals surface area contributed by atoms with E-state index in [9.17, 15) is 23.1 Å². The number of hydrogen-bond acceptors (Lipinski definition) is 3. The highest BCUT2D eigenvalue weighted by molar-refractivity contribution is 7.12. The Hall–Kier alpha value is -2.02. The van der Waals surface area contributed by atoms with Gasteiger partial charge in [0.25, 0.3) is 0 Å². The van der Waals surface area contributed by atoms with Gasteiger partial charge in [-0.25, -0.2) is 4.79 Å². The molecule has 1 heterocycles. The summed E-state index contributed by atoms with van der Waals surface area (Å²) in [5.41, 5.74) is -0.537. The third-order valence-electron chi connectivity index (χ3n) is 2.39. The molecule has 0 aliphatic heterocycles. The number of carboxylic acids is 1. The summed E-state index contributed by atoms with van der Waals surface area (Å²) in [5.74, 6) is -1.67. The largest absolute Gasteiger partial charge is 0.508 e. The lowest BCUT2D eigenvalue weighted by Crippen LogP contribution is -2.04. The van der Waals surface area contributed by atoms with Gasteiger partial charge in [0.05, 0.1) is 5.56 Å². The fraction of sp³-hybridized carbons (Fsp3) is 0.0833. The molecule has 0 spiro atoms. The van der Waals surface area contributed by atoms with Gasteiger partial charge in [-0.1, -0.05) is 0 Å². The highest BCUT2D eigenvalue weighted by Crippen LogP contribution is 2.36. The van der Waals surface area contributed by atoms with E-state index in [-0.39, 0.29) is 10.4 Å². The van der Waals surface area contributed by atoms with Crippen LogP contribution in [0, 0.1) is 0 Å². The third kappa shape index (κ3) is 2.87. The van der Waals surface area contributed by atoms with Crippen molar-refractivity contribution in [1.29, 1.82) is 0 Å². The number of thiophene rings is 1. The van der Waals surface area contributed by atoms with Gasteiger partial charge >= 0.3 is 12.1 Å². The van der Waals surface area contributed by atoms with E-state index in [0.717, 1.165) is 23.5 Å². The maximum Gasteiger partial charge on any atom is 0.416 e. The third-order valence-corrected chi connectivity index (χ3v) is 3.31. The molecule has 7 heteroatoms. The number of rotatable bonds is 2. The summed E-state index contributed by atoms with van der Waals surface area (Å²) in [5, 5.41) is 19.5. The number of alkyl halides is 3. The first kappa shape index (κ1) is 13.4. The van der Waals surface area contributed by atoms with E-state index in [2.05, 4.69) is 0 Å². The Kier molecular flexibility index (Phi) is 3.23. The second-order valence-corrected chi connectivity index (χ2v) is 4.68. The number of halogens is 3. The molecule has 2 aromatic rings. The molecule has 0 aliphatic carbocycles. The normalized spacial score (nSPS) is 11.5. The standard InChI is InChI=1S/C12H7F3O3S/c13-12(14,15)8-1-6(2-9(16)4-8)7-3-10(11(17)18)19-5-7/h1-5,16H,(H,17,18). The highest BCUT2D eigenvalue weighted by atomic mass is 32.1. The average Bonchev–Trinajstić information content (AvgIpc) is 2.76. The van der Waals surface area contributed by atoms with Crippen molar-refractivity contribution in [3.05, 3.63) is 40.1 Å². The van der Waals surface area contributed by atoms with Gasteiger partial charge in [0.1, 0.15) is 10.6 Å². The number of hydrogen-bond donors (Lipinski definition) is 2. The molecule has 0 unspecified atom stereocenters. The monoisotopic (exact) mass is 288 g/mol. The zero-order chi connectivity index (χ0) is 14.2. The van der Waals surface area contributed by atoms with E-state index in [1.54, 1.807) is 0 Å². The summed E-state index contributed by atoms with van der Waals surface area (Å²) in [4.78, 5) is 10.7. The van der Waals surface area contributed by atoms with Crippen molar-refractivity contribution in [2.75, 3.05) is 0 Å². The fourth-order valence-corrected chi connectivity index (χ4v) is 2.30. The van der Waals surface area contributed by atoms with Crippen LogP contribution in [0.3, 0.4) is 0 Å². The molecule has 2 N–H and O–H groups in total. The molecule has 0 saturated heterocycles. The Balaban J connectivity index is 2.50. The van der Waals surface area contributed by atoms with Crippen LogP contribution < -0.4 is 0 Å². The molecular weight excluding hydrogens is 281 g/mol. The molecule has 0 bridgehead atoms. The van der Waals surface area contributed by atoms with Crippen LogP contribution in [0.4, 0.5) is 13.2 Å². The lowest BCUT2D eigenvalue weighted by molar-refractivity contribution is -0.137. The van der Waals surface area contributed by atoms with E-state index < -0.39 is 23.5 Å². The first-order valence-electron chi connectivity index (χ1n) is 5.01. The van der Waals surface area contributed by atoms with Crippen LogP contribution in [-0.4, -0.2) is 16.2 Å². The number of phenolic OH excluding ortho intramolecular Hbond substituents is 1. The molecule has 0 atom stereocenters. The SMILES string of the molecule is O=C(O)c1cc(-c2cc(O)cc(C(F)(F)F)c2)cs1. The number of aromatic hydroxyl groups is 1.